The molecule has 21 heavy (non-hydrogen) atoms. The van der Waals surface area contributed by atoms with E-state index < -0.39 is 10.0 Å². The summed E-state index contributed by atoms with van der Waals surface area (Å²) in [6.07, 6.45) is 3.68. The summed E-state index contributed by atoms with van der Waals surface area (Å²) >= 11 is 0. The van der Waals surface area contributed by atoms with Crippen LogP contribution in [-0.2, 0) is 10.0 Å². The standard InChI is InChI=1S/C15H24N2O2S.ClH/c1-12-6-7-13(2)15(11-12)20(18,19)17-10-4-3-5-14(17)8-9-16;/h6-7,11,14H,3-5,8-10,16H2,1-2H3;1H. The summed E-state index contributed by atoms with van der Waals surface area (Å²) in [5.41, 5.74) is 7.42. The molecule has 2 rings (SSSR count). The van der Waals surface area contributed by atoms with Crippen LogP contribution in [0.3, 0.4) is 0 Å². The summed E-state index contributed by atoms with van der Waals surface area (Å²) in [5, 5.41) is 0. The number of hydrogen-bond acceptors (Lipinski definition) is 3. The normalized spacial score (nSPS) is 20.0. The Morgan fingerprint density at radius 2 is 2.00 bits per heavy atom. The molecule has 0 aliphatic carbocycles. The maximum Gasteiger partial charge on any atom is 0.243 e. The van der Waals surface area contributed by atoms with Gasteiger partial charge >= 0.3 is 0 Å². The van der Waals surface area contributed by atoms with E-state index in [2.05, 4.69) is 0 Å². The minimum Gasteiger partial charge on any atom is -0.330 e. The summed E-state index contributed by atoms with van der Waals surface area (Å²) < 4.78 is 27.5. The van der Waals surface area contributed by atoms with Crippen LogP contribution in [0.4, 0.5) is 0 Å². The lowest BCUT2D eigenvalue weighted by atomic mass is 10.0. The van der Waals surface area contributed by atoms with Gasteiger partial charge in [-0.15, -0.1) is 12.4 Å². The molecule has 0 radical (unpaired) electrons. The highest BCUT2D eigenvalue weighted by atomic mass is 35.5. The van der Waals surface area contributed by atoms with Gasteiger partial charge in [0, 0.05) is 12.6 Å². The van der Waals surface area contributed by atoms with Gasteiger partial charge in [-0.05, 0) is 56.8 Å². The van der Waals surface area contributed by atoms with E-state index in [1.807, 2.05) is 26.0 Å². The first-order chi connectivity index (χ1) is 9.46. The molecule has 120 valence electrons. The molecule has 1 aromatic carbocycles. The van der Waals surface area contributed by atoms with Crippen molar-refractivity contribution in [3.05, 3.63) is 29.3 Å². The molecule has 1 aromatic rings. The molecule has 1 aliphatic rings. The zero-order valence-corrected chi connectivity index (χ0v) is 14.3. The van der Waals surface area contributed by atoms with Crippen LogP contribution in [0, 0.1) is 13.8 Å². The number of piperidine rings is 1. The van der Waals surface area contributed by atoms with Crippen molar-refractivity contribution in [2.75, 3.05) is 13.1 Å². The minimum atomic E-state index is -3.41. The number of sulfonamides is 1. The Hall–Kier alpha value is -0.620. The second-order valence-electron chi connectivity index (χ2n) is 5.61. The van der Waals surface area contributed by atoms with Crippen molar-refractivity contribution in [2.24, 2.45) is 5.73 Å². The highest BCUT2D eigenvalue weighted by Crippen LogP contribution is 2.28. The Labute approximate surface area is 134 Å². The minimum absolute atomic E-state index is 0. The van der Waals surface area contributed by atoms with E-state index in [4.69, 9.17) is 5.73 Å². The zero-order valence-electron chi connectivity index (χ0n) is 12.7. The third-order valence-corrected chi connectivity index (χ3v) is 6.10. The van der Waals surface area contributed by atoms with Crippen molar-refractivity contribution in [1.29, 1.82) is 0 Å². The fourth-order valence-corrected chi connectivity index (χ4v) is 4.92. The monoisotopic (exact) mass is 332 g/mol. The maximum absolute atomic E-state index is 12.9. The third-order valence-electron chi connectivity index (χ3n) is 4.00. The first-order valence-corrected chi connectivity index (χ1v) is 8.70. The fraction of sp³-hybridized carbons (Fsp3) is 0.600. The number of rotatable bonds is 4. The molecule has 1 fully saturated rings. The van der Waals surface area contributed by atoms with E-state index in [-0.39, 0.29) is 18.4 Å². The lowest BCUT2D eigenvalue weighted by molar-refractivity contribution is 0.243. The fourth-order valence-electron chi connectivity index (χ4n) is 2.88. The van der Waals surface area contributed by atoms with Crippen LogP contribution in [0.1, 0.15) is 36.8 Å². The quantitative estimate of drug-likeness (QED) is 0.921. The van der Waals surface area contributed by atoms with E-state index in [1.54, 1.807) is 10.4 Å². The molecule has 0 bridgehead atoms. The molecule has 0 amide bonds. The summed E-state index contributed by atoms with van der Waals surface area (Å²) in [6, 6.07) is 5.66. The zero-order chi connectivity index (χ0) is 14.8. The van der Waals surface area contributed by atoms with E-state index in [1.165, 1.54) is 0 Å². The topological polar surface area (TPSA) is 63.4 Å². The van der Waals surface area contributed by atoms with Crippen LogP contribution in [0.25, 0.3) is 0 Å². The van der Waals surface area contributed by atoms with Gasteiger partial charge in [0.15, 0.2) is 0 Å². The Balaban J connectivity index is 0.00000220. The van der Waals surface area contributed by atoms with Crippen molar-refractivity contribution in [1.82, 2.24) is 4.31 Å². The molecule has 2 N–H and O–H groups in total. The van der Waals surface area contributed by atoms with Crippen LogP contribution in [-0.4, -0.2) is 31.9 Å². The molecule has 0 saturated carbocycles. The molecule has 0 aromatic heterocycles. The van der Waals surface area contributed by atoms with Crippen molar-refractivity contribution in [3.63, 3.8) is 0 Å². The van der Waals surface area contributed by atoms with E-state index in [0.29, 0.717) is 18.0 Å². The van der Waals surface area contributed by atoms with Crippen molar-refractivity contribution >= 4 is 22.4 Å². The first-order valence-electron chi connectivity index (χ1n) is 7.26. The molecule has 1 saturated heterocycles. The molecule has 6 heteroatoms. The van der Waals surface area contributed by atoms with Crippen LogP contribution in [0.5, 0.6) is 0 Å². The summed E-state index contributed by atoms with van der Waals surface area (Å²) in [5.74, 6) is 0. The van der Waals surface area contributed by atoms with E-state index >= 15 is 0 Å². The molecule has 1 atom stereocenters. The second kappa shape index (κ2) is 7.58. The van der Waals surface area contributed by atoms with Crippen molar-refractivity contribution in [3.8, 4) is 0 Å². The van der Waals surface area contributed by atoms with Gasteiger partial charge in [-0.25, -0.2) is 8.42 Å². The number of nitrogens with two attached hydrogens (primary N) is 1. The maximum atomic E-state index is 12.9. The molecule has 1 unspecified atom stereocenters. The van der Waals surface area contributed by atoms with Gasteiger partial charge in [0.25, 0.3) is 0 Å². The number of hydrogen-bond donors (Lipinski definition) is 1. The van der Waals surface area contributed by atoms with Crippen molar-refractivity contribution < 1.29 is 8.42 Å². The Morgan fingerprint density at radius 3 is 2.67 bits per heavy atom. The smallest absolute Gasteiger partial charge is 0.243 e. The Kier molecular flexibility index (Phi) is 6.66. The lowest BCUT2D eigenvalue weighted by Gasteiger charge is -2.35. The van der Waals surface area contributed by atoms with Crippen molar-refractivity contribution in [2.45, 2.75) is 50.5 Å². The molecule has 0 spiro atoms. The molecular formula is C15H25ClN2O2S. The second-order valence-corrected chi connectivity index (χ2v) is 7.47. The van der Waals surface area contributed by atoms with Gasteiger partial charge in [0.05, 0.1) is 4.90 Å². The first kappa shape index (κ1) is 18.4. The third kappa shape index (κ3) is 3.97. The SMILES string of the molecule is Cc1ccc(C)c(S(=O)(=O)N2CCCCC2CCN)c1.Cl. The summed E-state index contributed by atoms with van der Waals surface area (Å²) in [6.45, 7) is 4.92. The number of aryl methyl sites for hydroxylation is 2. The average Bonchev–Trinajstić information content (AvgIpc) is 2.42. The van der Waals surface area contributed by atoms with Crippen LogP contribution in [0.15, 0.2) is 23.1 Å². The predicted molar refractivity (Wildman–Crippen MR) is 88.4 cm³/mol. The van der Waals surface area contributed by atoms with Gasteiger partial charge in [0.2, 0.25) is 10.0 Å². The number of nitrogens with zero attached hydrogens (tertiary/aromatic N) is 1. The summed E-state index contributed by atoms with van der Waals surface area (Å²) in [7, 11) is -3.41. The van der Waals surface area contributed by atoms with Gasteiger partial charge in [0.1, 0.15) is 0 Å². The molecular weight excluding hydrogens is 308 g/mol. The van der Waals surface area contributed by atoms with Crippen LogP contribution >= 0.6 is 12.4 Å². The lowest BCUT2D eigenvalue weighted by Crippen LogP contribution is -2.44. The number of benzene rings is 1. The molecule has 1 aliphatic heterocycles. The summed E-state index contributed by atoms with van der Waals surface area (Å²) in [4.78, 5) is 0.446. The van der Waals surface area contributed by atoms with E-state index in [0.717, 1.165) is 36.8 Å². The Morgan fingerprint density at radius 1 is 1.29 bits per heavy atom. The van der Waals surface area contributed by atoms with Crippen LogP contribution in [0.2, 0.25) is 0 Å². The number of halogens is 1. The largest absolute Gasteiger partial charge is 0.330 e. The Bertz CT molecular complexity index is 573. The predicted octanol–water partition coefficient (Wildman–Crippen LogP) is 2.62. The average molecular weight is 333 g/mol. The van der Waals surface area contributed by atoms with Gasteiger partial charge in [-0.3, -0.25) is 0 Å². The van der Waals surface area contributed by atoms with Gasteiger partial charge < -0.3 is 5.73 Å². The molecule has 4 nitrogen and oxygen atoms in total. The van der Waals surface area contributed by atoms with Crippen LogP contribution < -0.4 is 5.73 Å². The van der Waals surface area contributed by atoms with E-state index in [9.17, 15) is 8.42 Å². The highest BCUT2D eigenvalue weighted by Gasteiger charge is 2.33. The molecule has 1 heterocycles. The van der Waals surface area contributed by atoms with Gasteiger partial charge in [-0.1, -0.05) is 18.6 Å². The highest BCUT2D eigenvalue weighted by molar-refractivity contribution is 7.89. The van der Waals surface area contributed by atoms with Gasteiger partial charge in [-0.2, -0.15) is 4.31 Å².